The maximum absolute atomic E-state index is 10.9. The molecule has 1 atom stereocenters. The molecule has 0 saturated heterocycles. The van der Waals surface area contributed by atoms with Crippen molar-refractivity contribution >= 4 is 17.1 Å². The van der Waals surface area contributed by atoms with Crippen molar-refractivity contribution in [2.24, 2.45) is 0 Å². The van der Waals surface area contributed by atoms with Gasteiger partial charge >= 0.3 is 0 Å². The number of nitro groups is 1. The van der Waals surface area contributed by atoms with Crippen LogP contribution in [0.15, 0.2) is 17.5 Å². The number of rotatable bonds is 5. The van der Waals surface area contributed by atoms with Crippen molar-refractivity contribution in [2.45, 2.75) is 19.3 Å². The van der Waals surface area contributed by atoms with Crippen LogP contribution in [-0.2, 0) is 4.79 Å². The van der Waals surface area contributed by atoms with E-state index in [4.69, 9.17) is 0 Å². The molecule has 0 aliphatic carbocycles. The molecule has 1 aromatic heterocycles. The molecule has 0 spiro atoms. The molecule has 4 nitrogen and oxygen atoms in total. The highest BCUT2D eigenvalue weighted by molar-refractivity contribution is 7.10. The molecule has 1 rings (SSSR count). The highest BCUT2D eigenvalue weighted by Gasteiger charge is 2.20. The van der Waals surface area contributed by atoms with Crippen LogP contribution in [0.1, 0.15) is 24.1 Å². The summed E-state index contributed by atoms with van der Waals surface area (Å²) < 4.78 is 0. The summed E-state index contributed by atoms with van der Waals surface area (Å²) in [4.78, 5) is 21.8. The number of nitrogens with zero attached hydrogens (tertiary/aromatic N) is 1. The number of hydrogen-bond donors (Lipinski definition) is 0. The fourth-order valence-corrected chi connectivity index (χ4v) is 2.13. The summed E-state index contributed by atoms with van der Waals surface area (Å²) in [5.41, 5.74) is 0. The maximum Gasteiger partial charge on any atom is 0.211 e. The van der Waals surface area contributed by atoms with Gasteiger partial charge in [-0.3, -0.25) is 10.1 Å². The molecule has 1 aromatic rings. The van der Waals surface area contributed by atoms with E-state index in [0.29, 0.717) is 0 Å². The highest BCUT2D eigenvalue weighted by atomic mass is 32.1. The first-order valence-corrected chi connectivity index (χ1v) is 5.12. The first-order valence-electron chi connectivity index (χ1n) is 4.24. The molecule has 0 saturated carbocycles. The number of carbonyl (C=O) groups is 1. The number of thiophene rings is 1. The predicted octanol–water partition coefficient (Wildman–Crippen LogP) is 2.09. The van der Waals surface area contributed by atoms with E-state index in [1.54, 1.807) is 0 Å². The van der Waals surface area contributed by atoms with Crippen LogP contribution in [0.5, 0.6) is 0 Å². The van der Waals surface area contributed by atoms with Crippen LogP contribution >= 0.6 is 11.3 Å². The maximum atomic E-state index is 10.9. The minimum Gasteiger partial charge on any atom is -0.300 e. The van der Waals surface area contributed by atoms with Crippen LogP contribution in [0.25, 0.3) is 0 Å². The zero-order valence-corrected chi connectivity index (χ0v) is 8.62. The lowest BCUT2D eigenvalue weighted by Gasteiger charge is -2.07. The first kappa shape index (κ1) is 10.8. The Morgan fingerprint density at radius 2 is 2.43 bits per heavy atom. The molecule has 0 bridgehead atoms. The standard InChI is InChI=1S/C9H11NO3S/c1-7(11)5-8(6-10(12)13)9-3-2-4-14-9/h2-4,8H,5-6H2,1H3/t8-/m0/s1. The quantitative estimate of drug-likeness (QED) is 0.555. The van der Waals surface area contributed by atoms with E-state index in [1.165, 1.54) is 18.3 Å². The average molecular weight is 213 g/mol. The van der Waals surface area contributed by atoms with E-state index < -0.39 is 0 Å². The number of ketones is 1. The van der Waals surface area contributed by atoms with Crippen molar-refractivity contribution in [2.75, 3.05) is 6.54 Å². The molecule has 0 amide bonds. The summed E-state index contributed by atoms with van der Waals surface area (Å²) in [7, 11) is 0. The van der Waals surface area contributed by atoms with E-state index in [2.05, 4.69) is 0 Å². The second kappa shape index (κ2) is 4.85. The number of hydrogen-bond acceptors (Lipinski definition) is 4. The van der Waals surface area contributed by atoms with E-state index in [9.17, 15) is 14.9 Å². The summed E-state index contributed by atoms with van der Waals surface area (Å²) in [5.74, 6) is -0.271. The predicted molar refractivity (Wildman–Crippen MR) is 54.2 cm³/mol. The van der Waals surface area contributed by atoms with Crippen molar-refractivity contribution in [1.82, 2.24) is 0 Å². The van der Waals surface area contributed by atoms with Crippen molar-refractivity contribution in [3.8, 4) is 0 Å². The van der Waals surface area contributed by atoms with Gasteiger partial charge < -0.3 is 4.79 Å². The number of carbonyl (C=O) groups excluding carboxylic acids is 1. The molecule has 0 aliphatic rings. The van der Waals surface area contributed by atoms with Crippen molar-refractivity contribution in [1.29, 1.82) is 0 Å². The van der Waals surface area contributed by atoms with Crippen LogP contribution in [0.4, 0.5) is 0 Å². The van der Waals surface area contributed by atoms with E-state index >= 15 is 0 Å². The lowest BCUT2D eigenvalue weighted by atomic mass is 10.0. The van der Waals surface area contributed by atoms with Gasteiger partial charge in [-0.15, -0.1) is 11.3 Å². The average Bonchev–Trinajstić information content (AvgIpc) is 2.52. The van der Waals surface area contributed by atoms with Crippen LogP contribution in [0.3, 0.4) is 0 Å². The Balaban J connectivity index is 2.71. The van der Waals surface area contributed by atoms with Crippen LogP contribution in [0.2, 0.25) is 0 Å². The summed E-state index contributed by atoms with van der Waals surface area (Å²) >= 11 is 1.46. The summed E-state index contributed by atoms with van der Waals surface area (Å²) in [5, 5.41) is 12.2. The molecule has 0 unspecified atom stereocenters. The third-order valence-corrected chi connectivity index (χ3v) is 2.88. The third-order valence-electron chi connectivity index (χ3n) is 1.85. The Hall–Kier alpha value is -1.23. The molecule has 0 aliphatic heterocycles. The Labute approximate surface area is 85.7 Å². The molecule has 5 heteroatoms. The fourth-order valence-electron chi connectivity index (χ4n) is 1.31. The largest absolute Gasteiger partial charge is 0.300 e. The topological polar surface area (TPSA) is 60.2 Å². The lowest BCUT2D eigenvalue weighted by Crippen LogP contribution is -2.14. The minimum absolute atomic E-state index is 0.00903. The molecular weight excluding hydrogens is 202 g/mol. The van der Waals surface area contributed by atoms with Gasteiger partial charge in [-0.05, 0) is 18.4 Å². The molecular formula is C9H11NO3S. The second-order valence-corrected chi connectivity index (χ2v) is 4.11. The van der Waals surface area contributed by atoms with Gasteiger partial charge in [0.2, 0.25) is 6.54 Å². The Morgan fingerprint density at radius 1 is 1.71 bits per heavy atom. The Bertz CT molecular complexity index is 305. The van der Waals surface area contributed by atoms with Crippen LogP contribution in [-0.4, -0.2) is 17.3 Å². The molecule has 0 radical (unpaired) electrons. The minimum atomic E-state index is -0.368. The summed E-state index contributed by atoms with van der Waals surface area (Å²) in [6.07, 6.45) is 0.251. The summed E-state index contributed by atoms with van der Waals surface area (Å²) in [6.45, 7) is 1.29. The highest BCUT2D eigenvalue weighted by Crippen LogP contribution is 2.24. The van der Waals surface area contributed by atoms with Crippen molar-refractivity contribution in [3.63, 3.8) is 0 Å². The monoisotopic (exact) mass is 213 g/mol. The zero-order valence-electron chi connectivity index (χ0n) is 7.80. The third kappa shape index (κ3) is 3.26. The van der Waals surface area contributed by atoms with Crippen molar-refractivity contribution in [3.05, 3.63) is 32.5 Å². The molecule has 0 N–H and O–H groups in total. The zero-order chi connectivity index (χ0) is 10.6. The lowest BCUT2D eigenvalue weighted by molar-refractivity contribution is -0.483. The Kier molecular flexibility index (Phi) is 3.76. The van der Waals surface area contributed by atoms with Gasteiger partial charge in [0.05, 0.1) is 5.92 Å². The van der Waals surface area contributed by atoms with Gasteiger partial charge in [-0.2, -0.15) is 0 Å². The number of Topliss-reactive ketones (excluding diaryl/α,β-unsaturated/α-hetero) is 1. The van der Waals surface area contributed by atoms with E-state index in [1.807, 2.05) is 17.5 Å². The van der Waals surface area contributed by atoms with Gasteiger partial charge in [0.25, 0.3) is 0 Å². The Morgan fingerprint density at radius 3 is 2.86 bits per heavy atom. The normalized spacial score (nSPS) is 12.4. The smallest absolute Gasteiger partial charge is 0.211 e. The van der Waals surface area contributed by atoms with Crippen LogP contribution < -0.4 is 0 Å². The van der Waals surface area contributed by atoms with E-state index in [-0.39, 0.29) is 29.6 Å². The van der Waals surface area contributed by atoms with Crippen molar-refractivity contribution < 1.29 is 9.72 Å². The first-order chi connectivity index (χ1) is 6.59. The second-order valence-electron chi connectivity index (χ2n) is 3.13. The van der Waals surface area contributed by atoms with Gasteiger partial charge in [-0.25, -0.2) is 0 Å². The fraction of sp³-hybridized carbons (Fsp3) is 0.444. The molecule has 14 heavy (non-hydrogen) atoms. The van der Waals surface area contributed by atoms with Gasteiger partial charge in [0.1, 0.15) is 5.78 Å². The molecule has 76 valence electrons. The molecule has 0 fully saturated rings. The molecule has 0 aromatic carbocycles. The van der Waals surface area contributed by atoms with Gasteiger partial charge in [0.15, 0.2) is 0 Å². The van der Waals surface area contributed by atoms with Gasteiger partial charge in [-0.1, -0.05) is 6.07 Å². The van der Waals surface area contributed by atoms with E-state index in [0.717, 1.165) is 4.88 Å². The van der Waals surface area contributed by atoms with Crippen LogP contribution in [0, 0.1) is 10.1 Å². The molecule has 1 heterocycles. The van der Waals surface area contributed by atoms with Gasteiger partial charge in [0, 0.05) is 16.2 Å². The summed E-state index contributed by atoms with van der Waals surface area (Å²) in [6, 6.07) is 3.68. The SMILES string of the molecule is CC(=O)C[C@@H](C[N+](=O)[O-])c1cccs1.